The fourth-order valence-corrected chi connectivity index (χ4v) is 4.09. The van der Waals surface area contributed by atoms with E-state index in [4.69, 9.17) is 9.97 Å². The Balaban J connectivity index is 1.47. The number of fused-ring (bicyclic) bond motifs is 1. The Hall–Kier alpha value is -4.00. The number of benzene rings is 2. The van der Waals surface area contributed by atoms with Gasteiger partial charge in [-0.3, -0.25) is 9.78 Å². The van der Waals surface area contributed by atoms with Crippen LogP contribution in [0.15, 0.2) is 67.0 Å². The lowest BCUT2D eigenvalue weighted by molar-refractivity contribution is 0.0940. The van der Waals surface area contributed by atoms with Crippen LogP contribution in [0.5, 0.6) is 5.75 Å². The second-order valence-corrected chi connectivity index (χ2v) is 8.05. The summed E-state index contributed by atoms with van der Waals surface area (Å²) in [7, 11) is 0. The molecule has 0 aliphatic carbocycles. The highest BCUT2D eigenvalue weighted by Gasteiger charge is 2.27. The molecule has 0 unspecified atom stereocenters. The van der Waals surface area contributed by atoms with Crippen LogP contribution in [0.25, 0.3) is 22.3 Å². The first-order valence-electron chi connectivity index (χ1n) is 10.6. The fraction of sp³-hybridized carbons (Fsp3) is 0.200. The Morgan fingerprint density at radius 3 is 2.72 bits per heavy atom. The molecule has 1 fully saturated rings. The first kappa shape index (κ1) is 19.9. The number of anilines is 1. The summed E-state index contributed by atoms with van der Waals surface area (Å²) in [4.78, 5) is 28.3. The topological polar surface area (TPSA) is 91.2 Å². The number of carbonyl (C=O) groups is 1. The van der Waals surface area contributed by atoms with Crippen LogP contribution in [-0.2, 0) is 0 Å². The highest BCUT2D eigenvalue weighted by molar-refractivity contribution is 5.94. The average molecular weight is 425 g/mol. The molecular formula is C25H23N5O2. The zero-order valence-corrected chi connectivity index (χ0v) is 17.7. The summed E-state index contributed by atoms with van der Waals surface area (Å²) < 4.78 is 0. The van der Waals surface area contributed by atoms with Gasteiger partial charge >= 0.3 is 0 Å². The largest absolute Gasteiger partial charge is 0.507 e. The van der Waals surface area contributed by atoms with Gasteiger partial charge in [0.1, 0.15) is 11.6 Å². The predicted molar refractivity (Wildman–Crippen MR) is 124 cm³/mol. The Labute approximate surface area is 185 Å². The number of carbonyl (C=O) groups excluding carboxylic acids is 1. The molecule has 7 heteroatoms. The lowest BCUT2D eigenvalue weighted by Crippen LogP contribution is -2.37. The number of nitrogens with zero attached hydrogens (tertiary/aromatic N) is 4. The Bertz CT molecular complexity index is 1290. The summed E-state index contributed by atoms with van der Waals surface area (Å²) >= 11 is 0. The lowest BCUT2D eigenvalue weighted by Gasteiger charge is -2.21. The third-order valence-corrected chi connectivity index (χ3v) is 5.74. The molecular weight excluding hydrogens is 402 g/mol. The zero-order valence-electron chi connectivity index (χ0n) is 17.7. The molecule has 1 aliphatic heterocycles. The molecule has 160 valence electrons. The van der Waals surface area contributed by atoms with Gasteiger partial charge in [-0.1, -0.05) is 18.2 Å². The van der Waals surface area contributed by atoms with Crippen molar-refractivity contribution in [3.05, 3.63) is 78.1 Å². The summed E-state index contributed by atoms with van der Waals surface area (Å²) in [5.74, 6) is 1.35. The van der Waals surface area contributed by atoms with Gasteiger partial charge in [0, 0.05) is 42.5 Å². The molecule has 0 saturated carbocycles. The quantitative estimate of drug-likeness (QED) is 0.518. The third kappa shape index (κ3) is 3.85. The number of aromatic hydroxyl groups is 1. The van der Waals surface area contributed by atoms with Gasteiger partial charge in [0.05, 0.1) is 11.1 Å². The molecule has 3 heterocycles. The number of amides is 1. The maximum absolute atomic E-state index is 12.6. The lowest BCUT2D eigenvalue weighted by atomic mass is 10.1. The van der Waals surface area contributed by atoms with E-state index in [1.807, 2.05) is 37.3 Å². The third-order valence-electron chi connectivity index (χ3n) is 5.74. The van der Waals surface area contributed by atoms with E-state index < -0.39 is 0 Å². The number of phenols is 1. The highest BCUT2D eigenvalue weighted by Crippen LogP contribution is 2.33. The van der Waals surface area contributed by atoms with Gasteiger partial charge in [0.25, 0.3) is 5.91 Å². The second kappa shape index (κ2) is 8.26. The van der Waals surface area contributed by atoms with E-state index in [-0.39, 0.29) is 17.7 Å². The average Bonchev–Trinajstić information content (AvgIpc) is 3.27. The Morgan fingerprint density at radius 1 is 1.09 bits per heavy atom. The number of phenolic OH excluding ortho intramolecular Hbond substituents is 1. The molecule has 1 atom stereocenters. The number of hydrogen-bond donors (Lipinski definition) is 2. The summed E-state index contributed by atoms with van der Waals surface area (Å²) in [5, 5.41) is 14.4. The van der Waals surface area contributed by atoms with Crippen molar-refractivity contribution in [3.8, 4) is 17.1 Å². The first-order chi connectivity index (χ1) is 15.6. The molecule has 1 amide bonds. The van der Waals surface area contributed by atoms with Crippen molar-refractivity contribution in [2.75, 3.05) is 18.0 Å². The molecule has 4 aromatic rings. The number of hydrogen-bond acceptors (Lipinski definition) is 6. The Kier molecular flexibility index (Phi) is 5.15. The van der Waals surface area contributed by atoms with Gasteiger partial charge in [-0.15, -0.1) is 0 Å². The smallest absolute Gasteiger partial charge is 0.251 e. The van der Waals surface area contributed by atoms with Crippen LogP contribution < -0.4 is 10.2 Å². The number of pyridine rings is 1. The van der Waals surface area contributed by atoms with E-state index in [9.17, 15) is 9.90 Å². The van der Waals surface area contributed by atoms with E-state index in [0.717, 1.165) is 35.2 Å². The molecule has 2 N–H and O–H groups in total. The van der Waals surface area contributed by atoms with Crippen molar-refractivity contribution in [2.45, 2.75) is 19.4 Å². The molecule has 5 rings (SSSR count). The number of nitrogens with one attached hydrogen (secondary N) is 1. The van der Waals surface area contributed by atoms with Crippen LogP contribution in [0.4, 0.5) is 5.82 Å². The molecule has 0 radical (unpaired) electrons. The molecule has 0 bridgehead atoms. The molecule has 1 saturated heterocycles. The van der Waals surface area contributed by atoms with Crippen molar-refractivity contribution >= 4 is 22.6 Å². The van der Waals surface area contributed by atoms with E-state index >= 15 is 0 Å². The highest BCUT2D eigenvalue weighted by atomic mass is 16.3. The van der Waals surface area contributed by atoms with Crippen molar-refractivity contribution in [2.24, 2.45) is 0 Å². The van der Waals surface area contributed by atoms with Gasteiger partial charge < -0.3 is 15.3 Å². The number of rotatable bonds is 4. The van der Waals surface area contributed by atoms with Crippen LogP contribution in [0.1, 0.15) is 22.3 Å². The zero-order chi connectivity index (χ0) is 22.1. The van der Waals surface area contributed by atoms with E-state index in [0.29, 0.717) is 23.5 Å². The van der Waals surface area contributed by atoms with Crippen LogP contribution in [-0.4, -0.2) is 45.1 Å². The van der Waals surface area contributed by atoms with Crippen LogP contribution in [0.3, 0.4) is 0 Å². The number of para-hydroxylation sites is 1. The van der Waals surface area contributed by atoms with Crippen LogP contribution in [0.2, 0.25) is 0 Å². The standard InChI is InChI=1S/C25H23N5O2/c1-16-6-7-19-21(14-16)28-23(20-4-2-3-5-22(20)31)29-24(19)30-13-10-18(15-30)27-25(32)17-8-11-26-12-9-17/h2-9,11-12,14,18,31H,10,13,15H2,1H3,(H,27,32)/t18-/m1/s1. The van der Waals surface area contributed by atoms with Gasteiger partial charge in [-0.05, 0) is 55.3 Å². The van der Waals surface area contributed by atoms with Crippen molar-refractivity contribution in [1.29, 1.82) is 0 Å². The van der Waals surface area contributed by atoms with E-state index in [2.05, 4.69) is 15.2 Å². The monoisotopic (exact) mass is 425 g/mol. The van der Waals surface area contributed by atoms with E-state index in [1.165, 1.54) is 0 Å². The van der Waals surface area contributed by atoms with Crippen LogP contribution in [0, 0.1) is 6.92 Å². The van der Waals surface area contributed by atoms with Gasteiger partial charge in [0.15, 0.2) is 5.82 Å². The molecule has 0 spiro atoms. The maximum atomic E-state index is 12.6. The van der Waals surface area contributed by atoms with Crippen molar-refractivity contribution in [1.82, 2.24) is 20.3 Å². The fourth-order valence-electron chi connectivity index (χ4n) is 4.09. The summed E-state index contributed by atoms with van der Waals surface area (Å²) in [5.41, 5.74) is 3.13. The van der Waals surface area contributed by atoms with Crippen molar-refractivity contribution in [3.63, 3.8) is 0 Å². The SMILES string of the molecule is Cc1ccc2c(N3CC[C@@H](NC(=O)c4ccncc4)C3)nc(-c3ccccc3O)nc2c1. The minimum atomic E-state index is -0.0997. The molecule has 2 aromatic heterocycles. The maximum Gasteiger partial charge on any atom is 0.251 e. The molecule has 1 aliphatic rings. The van der Waals surface area contributed by atoms with Crippen molar-refractivity contribution < 1.29 is 9.90 Å². The normalized spacial score (nSPS) is 15.8. The van der Waals surface area contributed by atoms with E-state index in [1.54, 1.807) is 36.7 Å². The summed E-state index contributed by atoms with van der Waals surface area (Å²) in [6.07, 6.45) is 4.05. The first-order valence-corrected chi connectivity index (χ1v) is 10.6. The minimum absolute atomic E-state index is 0.0136. The number of aromatic nitrogens is 3. The summed E-state index contributed by atoms with van der Waals surface area (Å²) in [6, 6.07) is 16.6. The predicted octanol–water partition coefficient (Wildman–Crippen LogP) is 3.71. The second-order valence-electron chi connectivity index (χ2n) is 8.05. The number of aryl methyl sites for hydroxylation is 1. The van der Waals surface area contributed by atoms with Gasteiger partial charge in [-0.25, -0.2) is 9.97 Å². The van der Waals surface area contributed by atoms with Gasteiger partial charge in [0.2, 0.25) is 0 Å². The minimum Gasteiger partial charge on any atom is -0.507 e. The molecule has 7 nitrogen and oxygen atoms in total. The molecule has 32 heavy (non-hydrogen) atoms. The Morgan fingerprint density at radius 2 is 1.91 bits per heavy atom. The molecule has 2 aromatic carbocycles. The van der Waals surface area contributed by atoms with Gasteiger partial charge in [-0.2, -0.15) is 0 Å². The summed E-state index contributed by atoms with van der Waals surface area (Å²) in [6.45, 7) is 3.44. The van der Waals surface area contributed by atoms with Crippen LogP contribution >= 0.6 is 0 Å².